The summed E-state index contributed by atoms with van der Waals surface area (Å²) in [6.07, 6.45) is 2.35. The van der Waals surface area contributed by atoms with E-state index in [1.807, 2.05) is 0 Å². The van der Waals surface area contributed by atoms with Gasteiger partial charge in [0.25, 0.3) is 0 Å². The van der Waals surface area contributed by atoms with Crippen LogP contribution in [0.1, 0.15) is 12.0 Å². The smallest absolute Gasteiger partial charge is 0.136 e. The number of benzene rings is 1. The molecular formula is C12H18O2Si. The molecule has 0 aliphatic carbocycles. The molecule has 1 rings (SSSR count). The van der Waals surface area contributed by atoms with Crippen LogP contribution < -0.4 is 0 Å². The Bertz CT molecular complexity index is 247. The molecule has 0 aliphatic rings. The van der Waals surface area contributed by atoms with Crippen LogP contribution in [-0.4, -0.2) is 29.7 Å². The van der Waals surface area contributed by atoms with Gasteiger partial charge in [-0.2, -0.15) is 0 Å². The van der Waals surface area contributed by atoms with Gasteiger partial charge in [-0.25, -0.2) is 0 Å². The largest absolute Gasteiger partial charge is 0.360 e. The molecule has 15 heavy (non-hydrogen) atoms. The van der Waals surface area contributed by atoms with E-state index in [-0.39, 0.29) is 5.91 Å². The van der Waals surface area contributed by atoms with E-state index in [4.69, 9.17) is 9.47 Å². The number of methoxy groups -OCH3 is 2. The van der Waals surface area contributed by atoms with Gasteiger partial charge < -0.3 is 9.47 Å². The molecule has 0 fully saturated rings. The van der Waals surface area contributed by atoms with Gasteiger partial charge in [-0.15, -0.1) is 0 Å². The van der Waals surface area contributed by atoms with E-state index in [1.54, 1.807) is 14.2 Å². The molecule has 0 heterocycles. The SMILES string of the molecule is COC(OC)[Si]CCCc1ccccc1. The zero-order chi connectivity index (χ0) is 10.9. The van der Waals surface area contributed by atoms with Crippen molar-refractivity contribution in [2.45, 2.75) is 24.8 Å². The molecule has 0 bridgehead atoms. The van der Waals surface area contributed by atoms with E-state index in [1.165, 1.54) is 18.0 Å². The number of hydrogen-bond acceptors (Lipinski definition) is 2. The Morgan fingerprint density at radius 3 is 2.40 bits per heavy atom. The molecular weight excluding hydrogens is 204 g/mol. The Balaban J connectivity index is 2.12. The van der Waals surface area contributed by atoms with Crippen LogP contribution in [0, 0.1) is 0 Å². The Labute approximate surface area is 94.4 Å². The number of ether oxygens (including phenoxy) is 2. The van der Waals surface area contributed by atoms with Gasteiger partial charge in [-0.3, -0.25) is 0 Å². The van der Waals surface area contributed by atoms with Crippen molar-refractivity contribution in [3.63, 3.8) is 0 Å². The predicted molar refractivity (Wildman–Crippen MR) is 63.1 cm³/mol. The Morgan fingerprint density at radius 2 is 1.80 bits per heavy atom. The fourth-order valence-electron chi connectivity index (χ4n) is 1.42. The summed E-state index contributed by atoms with van der Waals surface area (Å²) in [5.74, 6) is -0.0132. The minimum absolute atomic E-state index is 0.0132. The van der Waals surface area contributed by atoms with Crippen molar-refractivity contribution in [3.05, 3.63) is 35.9 Å². The predicted octanol–water partition coefficient (Wildman–Crippen LogP) is 2.32. The second kappa shape index (κ2) is 7.62. The van der Waals surface area contributed by atoms with Crippen LogP contribution in [0.3, 0.4) is 0 Å². The molecule has 82 valence electrons. The maximum absolute atomic E-state index is 5.14. The van der Waals surface area contributed by atoms with Crippen molar-refractivity contribution in [3.8, 4) is 0 Å². The maximum Gasteiger partial charge on any atom is 0.136 e. The summed E-state index contributed by atoms with van der Waals surface area (Å²) in [6, 6.07) is 11.7. The van der Waals surface area contributed by atoms with Crippen molar-refractivity contribution in [2.75, 3.05) is 14.2 Å². The lowest BCUT2D eigenvalue weighted by Crippen LogP contribution is -2.21. The van der Waals surface area contributed by atoms with Gasteiger partial charge in [-0.1, -0.05) is 42.8 Å². The first-order valence-corrected chi connectivity index (χ1v) is 6.48. The van der Waals surface area contributed by atoms with Gasteiger partial charge in [-0.05, 0) is 12.0 Å². The van der Waals surface area contributed by atoms with Crippen molar-refractivity contribution in [1.82, 2.24) is 0 Å². The first-order valence-electron chi connectivity index (χ1n) is 5.19. The van der Waals surface area contributed by atoms with Crippen LogP contribution >= 0.6 is 0 Å². The molecule has 0 saturated heterocycles. The standard InChI is InChI=1S/C12H18O2Si/c1-13-12(14-2)15-10-6-9-11-7-4-3-5-8-11/h3-5,7-8,12H,6,9-10H2,1-2H3. The summed E-state index contributed by atoms with van der Waals surface area (Å²) in [7, 11) is 4.12. The highest BCUT2D eigenvalue weighted by molar-refractivity contribution is 6.36. The third-order valence-electron chi connectivity index (χ3n) is 2.22. The minimum atomic E-state index is -0.0132. The van der Waals surface area contributed by atoms with E-state index in [0.29, 0.717) is 0 Å². The van der Waals surface area contributed by atoms with Crippen LogP contribution in [0.4, 0.5) is 0 Å². The Morgan fingerprint density at radius 1 is 1.13 bits per heavy atom. The molecule has 0 spiro atoms. The molecule has 2 nitrogen and oxygen atoms in total. The lowest BCUT2D eigenvalue weighted by molar-refractivity contribution is -0.0441. The maximum atomic E-state index is 5.14. The molecule has 0 saturated carbocycles. The fraction of sp³-hybridized carbons (Fsp3) is 0.500. The van der Waals surface area contributed by atoms with Crippen molar-refractivity contribution >= 4 is 9.52 Å². The van der Waals surface area contributed by atoms with Gasteiger partial charge >= 0.3 is 0 Å². The number of aryl methyl sites for hydroxylation is 1. The van der Waals surface area contributed by atoms with Gasteiger partial charge in [0.15, 0.2) is 0 Å². The molecule has 1 aromatic rings. The summed E-state index contributed by atoms with van der Waals surface area (Å²) in [5, 5.41) is 0. The molecule has 2 radical (unpaired) electrons. The van der Waals surface area contributed by atoms with Crippen molar-refractivity contribution < 1.29 is 9.47 Å². The van der Waals surface area contributed by atoms with E-state index in [2.05, 4.69) is 30.3 Å². The topological polar surface area (TPSA) is 18.5 Å². The van der Waals surface area contributed by atoms with Crippen LogP contribution in [0.15, 0.2) is 30.3 Å². The highest BCUT2D eigenvalue weighted by Gasteiger charge is 2.05. The third kappa shape index (κ3) is 5.11. The molecule has 0 aliphatic heterocycles. The monoisotopic (exact) mass is 222 g/mol. The molecule has 0 aromatic heterocycles. The van der Waals surface area contributed by atoms with Crippen molar-refractivity contribution in [1.29, 1.82) is 0 Å². The molecule has 0 atom stereocenters. The third-order valence-corrected chi connectivity index (χ3v) is 3.67. The highest BCUT2D eigenvalue weighted by Crippen LogP contribution is 2.05. The number of hydrogen-bond donors (Lipinski definition) is 0. The second-order valence-corrected chi connectivity index (χ2v) is 4.73. The van der Waals surface area contributed by atoms with Gasteiger partial charge in [0.2, 0.25) is 0 Å². The lowest BCUT2D eigenvalue weighted by Gasteiger charge is -2.11. The zero-order valence-electron chi connectivity index (χ0n) is 9.40. The quantitative estimate of drug-likeness (QED) is 0.400. The van der Waals surface area contributed by atoms with Gasteiger partial charge in [0.1, 0.15) is 15.4 Å². The second-order valence-electron chi connectivity index (χ2n) is 3.35. The lowest BCUT2D eigenvalue weighted by atomic mass is 10.1. The average Bonchev–Trinajstić information content (AvgIpc) is 2.31. The summed E-state index contributed by atoms with van der Waals surface area (Å²) < 4.78 is 10.3. The summed E-state index contributed by atoms with van der Waals surface area (Å²) in [5.41, 5.74) is 1.41. The van der Waals surface area contributed by atoms with E-state index < -0.39 is 0 Å². The summed E-state index contributed by atoms with van der Waals surface area (Å²) in [6.45, 7) is 0. The van der Waals surface area contributed by atoms with Crippen LogP contribution in [0.25, 0.3) is 0 Å². The van der Waals surface area contributed by atoms with Gasteiger partial charge in [0, 0.05) is 14.2 Å². The van der Waals surface area contributed by atoms with Crippen LogP contribution in [0.5, 0.6) is 0 Å². The van der Waals surface area contributed by atoms with E-state index in [9.17, 15) is 0 Å². The normalized spacial score (nSPS) is 10.9. The van der Waals surface area contributed by atoms with Crippen LogP contribution in [0.2, 0.25) is 6.04 Å². The van der Waals surface area contributed by atoms with Crippen LogP contribution in [-0.2, 0) is 15.9 Å². The number of rotatable bonds is 7. The minimum Gasteiger partial charge on any atom is -0.360 e. The van der Waals surface area contributed by atoms with E-state index in [0.717, 1.165) is 15.9 Å². The average molecular weight is 222 g/mol. The summed E-state index contributed by atoms with van der Waals surface area (Å²) in [4.78, 5) is 0. The molecule has 0 unspecified atom stereocenters. The van der Waals surface area contributed by atoms with Gasteiger partial charge in [0.05, 0.1) is 0 Å². The molecule has 1 aromatic carbocycles. The molecule has 0 N–H and O–H groups in total. The van der Waals surface area contributed by atoms with Crippen molar-refractivity contribution in [2.24, 2.45) is 0 Å². The first-order chi connectivity index (χ1) is 7.36. The first kappa shape index (κ1) is 12.4. The fourth-order valence-corrected chi connectivity index (χ4v) is 2.37. The Kier molecular flexibility index (Phi) is 6.32. The molecule has 0 amide bonds. The van der Waals surface area contributed by atoms with E-state index >= 15 is 0 Å². The molecule has 3 heteroatoms. The summed E-state index contributed by atoms with van der Waals surface area (Å²) >= 11 is 0. The highest BCUT2D eigenvalue weighted by atomic mass is 28.2. The zero-order valence-corrected chi connectivity index (χ0v) is 10.4. The Hall–Kier alpha value is -0.643.